The summed E-state index contributed by atoms with van der Waals surface area (Å²) in [5, 5.41) is 6.43. The topological polar surface area (TPSA) is 54.3 Å². The minimum atomic E-state index is -0.169. The van der Waals surface area contributed by atoms with Crippen LogP contribution in [0.25, 0.3) is 6.08 Å². The molecule has 4 nitrogen and oxygen atoms in total. The second kappa shape index (κ2) is 7.86. The van der Waals surface area contributed by atoms with Crippen LogP contribution in [0.15, 0.2) is 46.9 Å². The summed E-state index contributed by atoms with van der Waals surface area (Å²) in [6, 6.07) is 12.2. The summed E-state index contributed by atoms with van der Waals surface area (Å²) < 4.78 is 5.40. The first kappa shape index (κ1) is 16.4. The van der Waals surface area contributed by atoms with Gasteiger partial charge in [0, 0.05) is 23.5 Å². The number of furan rings is 1. The molecule has 126 valence electrons. The van der Waals surface area contributed by atoms with Gasteiger partial charge in [-0.1, -0.05) is 19.3 Å². The van der Waals surface area contributed by atoms with Crippen molar-refractivity contribution in [3.63, 3.8) is 0 Å². The molecule has 0 unspecified atom stereocenters. The van der Waals surface area contributed by atoms with Crippen molar-refractivity contribution in [2.24, 2.45) is 0 Å². The van der Waals surface area contributed by atoms with E-state index in [1.807, 2.05) is 43.3 Å². The number of benzene rings is 1. The molecule has 0 spiro atoms. The normalized spacial score (nSPS) is 15.5. The summed E-state index contributed by atoms with van der Waals surface area (Å²) >= 11 is 0. The predicted molar refractivity (Wildman–Crippen MR) is 98.0 cm³/mol. The highest BCUT2D eigenvalue weighted by atomic mass is 16.3. The molecule has 1 heterocycles. The van der Waals surface area contributed by atoms with E-state index in [9.17, 15) is 4.79 Å². The fraction of sp³-hybridized carbons (Fsp3) is 0.350. The zero-order valence-electron chi connectivity index (χ0n) is 14.0. The van der Waals surface area contributed by atoms with Crippen LogP contribution in [0.1, 0.15) is 43.6 Å². The molecule has 0 saturated heterocycles. The Bertz CT molecular complexity index is 695. The van der Waals surface area contributed by atoms with Crippen molar-refractivity contribution < 1.29 is 9.21 Å². The molecule has 0 aliphatic heterocycles. The highest BCUT2D eigenvalue weighted by Gasteiger charge is 2.12. The van der Waals surface area contributed by atoms with Gasteiger partial charge in [-0.15, -0.1) is 0 Å². The molecule has 1 aliphatic rings. The number of aryl methyl sites for hydroxylation is 1. The summed E-state index contributed by atoms with van der Waals surface area (Å²) in [6.45, 7) is 1.88. The van der Waals surface area contributed by atoms with E-state index in [-0.39, 0.29) is 5.91 Å². The van der Waals surface area contributed by atoms with Gasteiger partial charge in [-0.05, 0) is 62.2 Å². The molecule has 2 aromatic rings. The van der Waals surface area contributed by atoms with Crippen LogP contribution in [-0.2, 0) is 4.79 Å². The highest BCUT2D eigenvalue weighted by molar-refractivity contribution is 6.01. The lowest BCUT2D eigenvalue weighted by Crippen LogP contribution is -2.22. The molecule has 4 heteroatoms. The summed E-state index contributed by atoms with van der Waals surface area (Å²) in [6.07, 6.45) is 9.62. The Morgan fingerprint density at radius 1 is 1.04 bits per heavy atom. The van der Waals surface area contributed by atoms with Gasteiger partial charge >= 0.3 is 0 Å². The standard InChI is InChI=1S/C20H24N2O2/c1-15-7-12-19(24-15)13-14-20(23)22-18-10-8-17(9-11-18)21-16-5-3-2-4-6-16/h7-14,16,21H,2-6H2,1H3,(H,22,23)/b14-13+. The van der Waals surface area contributed by atoms with Gasteiger partial charge in [-0.25, -0.2) is 0 Å². The first-order chi connectivity index (χ1) is 11.7. The van der Waals surface area contributed by atoms with Gasteiger partial charge < -0.3 is 15.1 Å². The third-order valence-corrected chi connectivity index (χ3v) is 4.29. The van der Waals surface area contributed by atoms with Crippen LogP contribution >= 0.6 is 0 Å². The Balaban J connectivity index is 1.51. The van der Waals surface area contributed by atoms with Crippen LogP contribution in [-0.4, -0.2) is 11.9 Å². The molecular formula is C20H24N2O2. The van der Waals surface area contributed by atoms with Gasteiger partial charge in [-0.2, -0.15) is 0 Å². The molecule has 1 fully saturated rings. The number of rotatable bonds is 5. The number of amides is 1. The molecule has 0 bridgehead atoms. The molecule has 0 radical (unpaired) electrons. The maximum absolute atomic E-state index is 11.9. The van der Waals surface area contributed by atoms with E-state index in [1.165, 1.54) is 38.2 Å². The Morgan fingerprint density at radius 2 is 1.75 bits per heavy atom. The number of carbonyl (C=O) groups is 1. The van der Waals surface area contributed by atoms with Crippen LogP contribution in [0, 0.1) is 6.92 Å². The molecule has 0 atom stereocenters. The lowest BCUT2D eigenvalue weighted by atomic mass is 9.95. The number of hydrogen-bond donors (Lipinski definition) is 2. The van der Waals surface area contributed by atoms with Crippen molar-refractivity contribution in [2.45, 2.75) is 45.1 Å². The van der Waals surface area contributed by atoms with E-state index in [1.54, 1.807) is 6.08 Å². The van der Waals surface area contributed by atoms with E-state index in [0.717, 1.165) is 17.1 Å². The quantitative estimate of drug-likeness (QED) is 0.762. The molecule has 1 saturated carbocycles. The van der Waals surface area contributed by atoms with Crippen LogP contribution in [0.5, 0.6) is 0 Å². The van der Waals surface area contributed by atoms with Crippen LogP contribution in [0.4, 0.5) is 11.4 Å². The monoisotopic (exact) mass is 324 g/mol. The van der Waals surface area contributed by atoms with Crippen molar-refractivity contribution >= 4 is 23.4 Å². The predicted octanol–water partition coefficient (Wildman–Crippen LogP) is 4.98. The largest absolute Gasteiger partial charge is 0.462 e. The second-order valence-electron chi connectivity index (χ2n) is 6.33. The summed E-state index contributed by atoms with van der Waals surface area (Å²) in [7, 11) is 0. The highest BCUT2D eigenvalue weighted by Crippen LogP contribution is 2.22. The number of anilines is 2. The summed E-state index contributed by atoms with van der Waals surface area (Å²) in [5.41, 5.74) is 1.90. The lowest BCUT2D eigenvalue weighted by molar-refractivity contribution is -0.111. The van der Waals surface area contributed by atoms with Crippen molar-refractivity contribution in [1.82, 2.24) is 0 Å². The van der Waals surface area contributed by atoms with Crippen molar-refractivity contribution in [3.05, 3.63) is 54.0 Å². The fourth-order valence-electron chi connectivity index (χ4n) is 3.02. The van der Waals surface area contributed by atoms with Crippen molar-refractivity contribution in [2.75, 3.05) is 10.6 Å². The summed E-state index contributed by atoms with van der Waals surface area (Å²) in [4.78, 5) is 11.9. The smallest absolute Gasteiger partial charge is 0.248 e. The summed E-state index contributed by atoms with van der Waals surface area (Å²) in [5.74, 6) is 1.34. The van der Waals surface area contributed by atoms with Gasteiger partial charge in [-0.3, -0.25) is 4.79 Å². The second-order valence-corrected chi connectivity index (χ2v) is 6.33. The first-order valence-electron chi connectivity index (χ1n) is 8.61. The third-order valence-electron chi connectivity index (χ3n) is 4.29. The Kier molecular flexibility index (Phi) is 5.36. The third kappa shape index (κ3) is 4.75. The lowest BCUT2D eigenvalue weighted by Gasteiger charge is -2.23. The maximum Gasteiger partial charge on any atom is 0.248 e. The number of hydrogen-bond acceptors (Lipinski definition) is 3. The average Bonchev–Trinajstić information content (AvgIpc) is 3.01. The van der Waals surface area contributed by atoms with Crippen LogP contribution in [0.3, 0.4) is 0 Å². The number of nitrogens with one attached hydrogen (secondary N) is 2. The molecular weight excluding hydrogens is 300 g/mol. The fourth-order valence-corrected chi connectivity index (χ4v) is 3.02. The Hall–Kier alpha value is -2.49. The van der Waals surface area contributed by atoms with Crippen LogP contribution < -0.4 is 10.6 Å². The molecule has 1 aromatic carbocycles. The maximum atomic E-state index is 11.9. The van der Waals surface area contributed by atoms with Crippen LogP contribution in [0.2, 0.25) is 0 Å². The molecule has 24 heavy (non-hydrogen) atoms. The molecule has 2 N–H and O–H groups in total. The van der Waals surface area contributed by atoms with E-state index < -0.39 is 0 Å². The minimum Gasteiger partial charge on any atom is -0.462 e. The van der Waals surface area contributed by atoms with Gasteiger partial charge in [0.25, 0.3) is 0 Å². The molecule has 1 aromatic heterocycles. The van der Waals surface area contributed by atoms with E-state index in [2.05, 4.69) is 10.6 Å². The number of carbonyl (C=O) groups excluding carboxylic acids is 1. The van der Waals surface area contributed by atoms with Gasteiger partial charge in [0.1, 0.15) is 11.5 Å². The van der Waals surface area contributed by atoms with Crippen molar-refractivity contribution in [3.8, 4) is 0 Å². The molecule has 3 rings (SSSR count). The van der Waals surface area contributed by atoms with Gasteiger partial charge in [0.2, 0.25) is 5.91 Å². The van der Waals surface area contributed by atoms with Crippen molar-refractivity contribution in [1.29, 1.82) is 0 Å². The average molecular weight is 324 g/mol. The minimum absolute atomic E-state index is 0.169. The van der Waals surface area contributed by atoms with E-state index in [4.69, 9.17) is 4.42 Å². The zero-order chi connectivity index (χ0) is 16.8. The first-order valence-corrected chi connectivity index (χ1v) is 8.61. The zero-order valence-corrected chi connectivity index (χ0v) is 14.0. The van der Waals surface area contributed by atoms with Gasteiger partial charge in [0.05, 0.1) is 0 Å². The van der Waals surface area contributed by atoms with E-state index >= 15 is 0 Å². The molecule has 1 aliphatic carbocycles. The SMILES string of the molecule is Cc1ccc(/C=C/C(=O)Nc2ccc(NC3CCCCC3)cc2)o1. The van der Waals surface area contributed by atoms with Gasteiger partial charge in [0.15, 0.2) is 0 Å². The Labute approximate surface area is 142 Å². The van der Waals surface area contributed by atoms with E-state index in [0.29, 0.717) is 11.8 Å². The molecule has 1 amide bonds. The Morgan fingerprint density at radius 3 is 2.42 bits per heavy atom.